The zero-order valence-electron chi connectivity index (χ0n) is 12.2. The van der Waals surface area contributed by atoms with Gasteiger partial charge in [-0.3, -0.25) is 4.79 Å². The largest absolute Gasteiger partial charge is 0.378 e. The standard InChI is InChI=1S/C13H27N3O2/c1-6-18-10-9-13(14,12(10,2)3)11(17)15-7-8-16(4)5/h10H,6-9,14H2,1-5H3,(H,15,17). The highest BCUT2D eigenvalue weighted by Crippen LogP contribution is 2.49. The van der Waals surface area contributed by atoms with E-state index in [0.717, 1.165) is 6.54 Å². The summed E-state index contributed by atoms with van der Waals surface area (Å²) in [4.78, 5) is 14.2. The predicted molar refractivity (Wildman–Crippen MR) is 72.3 cm³/mol. The van der Waals surface area contributed by atoms with Gasteiger partial charge in [-0.1, -0.05) is 13.8 Å². The van der Waals surface area contributed by atoms with Gasteiger partial charge >= 0.3 is 0 Å². The van der Waals surface area contributed by atoms with Crippen LogP contribution >= 0.6 is 0 Å². The van der Waals surface area contributed by atoms with E-state index in [-0.39, 0.29) is 17.4 Å². The van der Waals surface area contributed by atoms with Crippen molar-refractivity contribution in [1.29, 1.82) is 0 Å². The van der Waals surface area contributed by atoms with Gasteiger partial charge in [-0.25, -0.2) is 0 Å². The van der Waals surface area contributed by atoms with Crippen molar-refractivity contribution < 1.29 is 9.53 Å². The molecule has 1 rings (SSSR count). The molecule has 18 heavy (non-hydrogen) atoms. The van der Waals surface area contributed by atoms with E-state index < -0.39 is 5.54 Å². The molecule has 0 heterocycles. The number of likely N-dealkylation sites (N-methyl/N-ethyl adjacent to an activating group) is 1. The molecule has 3 N–H and O–H groups in total. The van der Waals surface area contributed by atoms with Crippen LogP contribution in [0.15, 0.2) is 0 Å². The molecule has 1 aliphatic rings. The number of nitrogens with one attached hydrogen (secondary N) is 1. The topological polar surface area (TPSA) is 67.6 Å². The summed E-state index contributed by atoms with van der Waals surface area (Å²) in [5.41, 5.74) is 5.14. The van der Waals surface area contributed by atoms with E-state index in [1.165, 1.54) is 0 Å². The molecular weight excluding hydrogens is 230 g/mol. The Balaban J connectivity index is 2.53. The molecule has 0 aliphatic heterocycles. The lowest BCUT2D eigenvalue weighted by atomic mass is 9.54. The van der Waals surface area contributed by atoms with Crippen LogP contribution in [0.1, 0.15) is 27.2 Å². The first-order valence-electron chi connectivity index (χ1n) is 6.59. The summed E-state index contributed by atoms with van der Waals surface area (Å²) in [5.74, 6) is -0.0645. The summed E-state index contributed by atoms with van der Waals surface area (Å²) in [6.07, 6.45) is 0.675. The second-order valence-electron chi connectivity index (χ2n) is 5.90. The highest BCUT2D eigenvalue weighted by Gasteiger charge is 2.62. The average Bonchev–Trinajstić information content (AvgIpc) is 2.27. The van der Waals surface area contributed by atoms with Crippen molar-refractivity contribution in [3.8, 4) is 0 Å². The Labute approximate surface area is 110 Å². The van der Waals surface area contributed by atoms with Gasteiger partial charge in [0.25, 0.3) is 0 Å². The third-order valence-corrected chi connectivity index (χ3v) is 4.08. The van der Waals surface area contributed by atoms with Crippen LogP contribution in [0, 0.1) is 5.41 Å². The summed E-state index contributed by atoms with van der Waals surface area (Å²) in [6, 6.07) is 0. The van der Waals surface area contributed by atoms with Crippen molar-refractivity contribution in [2.24, 2.45) is 11.1 Å². The predicted octanol–water partition coefficient (Wildman–Crippen LogP) is 0.197. The van der Waals surface area contributed by atoms with E-state index in [1.807, 2.05) is 39.8 Å². The minimum atomic E-state index is -0.806. The van der Waals surface area contributed by atoms with Crippen molar-refractivity contribution in [1.82, 2.24) is 10.2 Å². The van der Waals surface area contributed by atoms with Crippen molar-refractivity contribution in [3.05, 3.63) is 0 Å². The SMILES string of the molecule is CCOC1CC(N)(C(=O)NCCN(C)C)C1(C)C. The van der Waals surface area contributed by atoms with Gasteiger partial charge in [0.05, 0.1) is 6.10 Å². The first-order chi connectivity index (χ1) is 8.25. The molecule has 1 amide bonds. The maximum absolute atomic E-state index is 12.2. The van der Waals surface area contributed by atoms with E-state index in [1.54, 1.807) is 0 Å². The van der Waals surface area contributed by atoms with Crippen LogP contribution < -0.4 is 11.1 Å². The number of carbonyl (C=O) groups excluding carboxylic acids is 1. The third kappa shape index (κ3) is 2.68. The zero-order valence-corrected chi connectivity index (χ0v) is 12.2. The molecule has 0 aromatic rings. The van der Waals surface area contributed by atoms with Gasteiger partial charge in [-0.2, -0.15) is 0 Å². The van der Waals surface area contributed by atoms with Crippen LogP contribution in [-0.2, 0) is 9.53 Å². The average molecular weight is 257 g/mol. The Hall–Kier alpha value is -0.650. The van der Waals surface area contributed by atoms with Crippen molar-refractivity contribution >= 4 is 5.91 Å². The Kier molecular flexibility index (Phi) is 4.75. The quantitative estimate of drug-likeness (QED) is 0.713. The number of carbonyl (C=O) groups is 1. The lowest BCUT2D eigenvalue weighted by molar-refractivity contribution is -0.170. The number of nitrogens with two attached hydrogens (primary N) is 1. The van der Waals surface area contributed by atoms with Crippen LogP contribution in [0.25, 0.3) is 0 Å². The Morgan fingerprint density at radius 2 is 2.11 bits per heavy atom. The van der Waals surface area contributed by atoms with E-state index in [2.05, 4.69) is 5.32 Å². The van der Waals surface area contributed by atoms with Gasteiger partial charge < -0.3 is 20.7 Å². The molecule has 0 aromatic heterocycles. The molecular formula is C13H27N3O2. The molecule has 0 bridgehead atoms. The third-order valence-electron chi connectivity index (χ3n) is 4.08. The van der Waals surface area contributed by atoms with Gasteiger partial charge in [-0.05, 0) is 21.0 Å². The minimum absolute atomic E-state index is 0.0645. The monoisotopic (exact) mass is 257 g/mol. The van der Waals surface area contributed by atoms with Crippen molar-refractivity contribution in [2.75, 3.05) is 33.8 Å². The number of hydrogen-bond donors (Lipinski definition) is 2. The van der Waals surface area contributed by atoms with E-state index in [4.69, 9.17) is 10.5 Å². The summed E-state index contributed by atoms with van der Waals surface area (Å²) < 4.78 is 5.61. The molecule has 5 nitrogen and oxygen atoms in total. The number of amides is 1. The fourth-order valence-electron chi connectivity index (χ4n) is 2.37. The highest BCUT2D eigenvalue weighted by molar-refractivity contribution is 5.88. The summed E-state index contributed by atoms with van der Waals surface area (Å²) in [6.45, 7) is 8.07. The molecule has 0 radical (unpaired) electrons. The number of ether oxygens (including phenoxy) is 1. The molecule has 0 aromatic carbocycles. The van der Waals surface area contributed by atoms with Crippen molar-refractivity contribution in [3.63, 3.8) is 0 Å². The van der Waals surface area contributed by atoms with E-state index in [0.29, 0.717) is 19.6 Å². The van der Waals surface area contributed by atoms with Gasteiger partial charge in [0.15, 0.2) is 0 Å². The number of nitrogens with zero attached hydrogens (tertiary/aromatic N) is 1. The first kappa shape index (κ1) is 15.4. The molecule has 2 unspecified atom stereocenters. The minimum Gasteiger partial charge on any atom is -0.378 e. The van der Waals surface area contributed by atoms with Crippen LogP contribution in [-0.4, -0.2) is 56.2 Å². The van der Waals surface area contributed by atoms with Crippen LogP contribution in [0.2, 0.25) is 0 Å². The lowest BCUT2D eigenvalue weighted by Crippen LogP contribution is -2.75. The smallest absolute Gasteiger partial charge is 0.240 e. The zero-order chi connectivity index (χ0) is 14.0. The van der Waals surface area contributed by atoms with E-state index in [9.17, 15) is 4.79 Å². The number of rotatable bonds is 6. The fourth-order valence-corrected chi connectivity index (χ4v) is 2.37. The lowest BCUT2D eigenvalue weighted by Gasteiger charge is -2.57. The second-order valence-corrected chi connectivity index (χ2v) is 5.90. The van der Waals surface area contributed by atoms with Gasteiger partial charge in [0, 0.05) is 31.5 Å². The highest BCUT2D eigenvalue weighted by atomic mass is 16.5. The molecule has 0 saturated heterocycles. The fraction of sp³-hybridized carbons (Fsp3) is 0.923. The number of hydrogen-bond acceptors (Lipinski definition) is 4. The first-order valence-corrected chi connectivity index (χ1v) is 6.59. The second kappa shape index (κ2) is 5.55. The van der Waals surface area contributed by atoms with Crippen molar-refractivity contribution in [2.45, 2.75) is 38.8 Å². The molecule has 2 atom stereocenters. The van der Waals surface area contributed by atoms with E-state index >= 15 is 0 Å². The molecule has 0 spiro atoms. The Morgan fingerprint density at radius 1 is 1.50 bits per heavy atom. The van der Waals surface area contributed by atoms with Crippen LogP contribution in [0.5, 0.6) is 0 Å². The maximum atomic E-state index is 12.2. The summed E-state index contributed by atoms with van der Waals surface area (Å²) in [5, 5.41) is 2.91. The van der Waals surface area contributed by atoms with Gasteiger partial charge in [0.2, 0.25) is 5.91 Å². The Morgan fingerprint density at radius 3 is 2.56 bits per heavy atom. The van der Waals surface area contributed by atoms with Gasteiger partial charge in [0.1, 0.15) is 5.54 Å². The Bertz CT molecular complexity index is 305. The van der Waals surface area contributed by atoms with Crippen LogP contribution in [0.4, 0.5) is 0 Å². The normalized spacial score (nSPS) is 30.1. The molecule has 1 saturated carbocycles. The molecule has 1 aliphatic carbocycles. The van der Waals surface area contributed by atoms with Crippen LogP contribution in [0.3, 0.4) is 0 Å². The molecule has 1 fully saturated rings. The summed E-state index contributed by atoms with van der Waals surface area (Å²) >= 11 is 0. The molecule has 5 heteroatoms. The maximum Gasteiger partial charge on any atom is 0.240 e. The summed E-state index contributed by atoms with van der Waals surface area (Å²) in [7, 11) is 3.95. The molecule has 106 valence electrons. The van der Waals surface area contributed by atoms with Gasteiger partial charge in [-0.15, -0.1) is 0 Å².